The molecule has 0 aliphatic rings. The van der Waals surface area contributed by atoms with Gasteiger partial charge in [-0.15, -0.1) is 0 Å². The highest BCUT2D eigenvalue weighted by molar-refractivity contribution is 5.28. The number of nitrogens with zero attached hydrogens (tertiary/aromatic N) is 2. The van der Waals surface area contributed by atoms with Crippen molar-refractivity contribution in [1.82, 2.24) is 15.2 Å². The SMILES string of the molecule is CCNC(c1cncc(OC)c1)C(C)(CC)N(CC)CC. The van der Waals surface area contributed by atoms with E-state index < -0.39 is 0 Å². The summed E-state index contributed by atoms with van der Waals surface area (Å²) in [5.74, 6) is 0.813. The van der Waals surface area contributed by atoms with Crippen LogP contribution in [0.15, 0.2) is 18.5 Å². The number of nitrogens with one attached hydrogen (secondary N) is 1. The maximum absolute atomic E-state index is 5.34. The third-order valence-electron chi connectivity index (χ3n) is 4.54. The van der Waals surface area contributed by atoms with Crippen molar-refractivity contribution in [2.45, 2.75) is 52.6 Å². The third kappa shape index (κ3) is 3.95. The fraction of sp³-hybridized carbons (Fsp3) is 0.706. The summed E-state index contributed by atoms with van der Waals surface area (Å²) in [4.78, 5) is 6.86. The van der Waals surface area contributed by atoms with E-state index in [1.807, 2.05) is 6.20 Å². The Morgan fingerprint density at radius 2 is 1.90 bits per heavy atom. The first kappa shape index (κ1) is 17.9. The first-order chi connectivity index (χ1) is 10.1. The van der Waals surface area contributed by atoms with Crippen LogP contribution in [0.5, 0.6) is 5.75 Å². The zero-order valence-corrected chi connectivity index (χ0v) is 14.4. The standard InChI is InChI=1S/C17H31N3O/c1-7-17(5,20(9-3)10-4)16(19-8-2)14-11-15(21-6)13-18-12-14/h11-13,16,19H,7-10H2,1-6H3. The number of methoxy groups -OCH3 is 1. The van der Waals surface area contributed by atoms with Gasteiger partial charge in [0.2, 0.25) is 0 Å². The van der Waals surface area contributed by atoms with Gasteiger partial charge in [0, 0.05) is 11.7 Å². The van der Waals surface area contributed by atoms with E-state index in [1.165, 1.54) is 5.56 Å². The molecule has 2 atom stereocenters. The predicted octanol–water partition coefficient (Wildman–Crippen LogP) is 3.25. The molecule has 0 aromatic carbocycles. The van der Waals surface area contributed by atoms with E-state index in [0.29, 0.717) is 0 Å². The molecule has 1 heterocycles. The number of aromatic nitrogens is 1. The van der Waals surface area contributed by atoms with Crippen LogP contribution in [0.4, 0.5) is 0 Å². The van der Waals surface area contributed by atoms with Crippen LogP contribution in [-0.2, 0) is 0 Å². The van der Waals surface area contributed by atoms with Gasteiger partial charge in [-0.25, -0.2) is 0 Å². The van der Waals surface area contributed by atoms with Crippen LogP contribution in [0, 0.1) is 0 Å². The zero-order valence-electron chi connectivity index (χ0n) is 14.4. The highest BCUT2D eigenvalue weighted by Gasteiger charge is 2.37. The van der Waals surface area contributed by atoms with E-state index in [4.69, 9.17) is 4.74 Å². The van der Waals surface area contributed by atoms with Crippen LogP contribution in [0.2, 0.25) is 0 Å². The molecular weight excluding hydrogens is 262 g/mol. The van der Waals surface area contributed by atoms with Crippen LogP contribution >= 0.6 is 0 Å². The molecule has 4 nitrogen and oxygen atoms in total. The molecule has 0 fully saturated rings. The minimum atomic E-state index is 0.0492. The lowest BCUT2D eigenvalue weighted by molar-refractivity contribution is 0.0702. The molecule has 1 aromatic heterocycles. The van der Waals surface area contributed by atoms with Gasteiger partial charge in [0.1, 0.15) is 5.75 Å². The Balaban J connectivity index is 3.24. The van der Waals surface area contributed by atoms with Crippen molar-refractivity contribution in [3.05, 3.63) is 24.0 Å². The van der Waals surface area contributed by atoms with Gasteiger partial charge in [0.25, 0.3) is 0 Å². The summed E-state index contributed by atoms with van der Waals surface area (Å²) >= 11 is 0. The maximum atomic E-state index is 5.34. The van der Waals surface area contributed by atoms with E-state index in [0.717, 1.165) is 31.8 Å². The lowest BCUT2D eigenvalue weighted by Gasteiger charge is -2.46. The molecule has 1 N–H and O–H groups in total. The van der Waals surface area contributed by atoms with Gasteiger partial charge in [-0.1, -0.05) is 27.7 Å². The highest BCUT2D eigenvalue weighted by atomic mass is 16.5. The van der Waals surface area contributed by atoms with Crippen LogP contribution < -0.4 is 10.1 Å². The van der Waals surface area contributed by atoms with Gasteiger partial charge in [0.05, 0.1) is 19.3 Å². The Bertz CT molecular complexity index is 420. The molecule has 0 bridgehead atoms. The minimum Gasteiger partial charge on any atom is -0.495 e. The van der Waals surface area contributed by atoms with Gasteiger partial charge < -0.3 is 10.1 Å². The fourth-order valence-electron chi connectivity index (χ4n) is 3.16. The largest absolute Gasteiger partial charge is 0.495 e. The Labute approximate surface area is 129 Å². The van der Waals surface area contributed by atoms with E-state index in [-0.39, 0.29) is 11.6 Å². The first-order valence-electron chi connectivity index (χ1n) is 8.04. The smallest absolute Gasteiger partial charge is 0.137 e. The van der Waals surface area contributed by atoms with E-state index in [9.17, 15) is 0 Å². The van der Waals surface area contributed by atoms with Crippen molar-refractivity contribution in [2.75, 3.05) is 26.7 Å². The van der Waals surface area contributed by atoms with Crippen molar-refractivity contribution in [3.63, 3.8) is 0 Å². The van der Waals surface area contributed by atoms with Crippen LogP contribution in [0.3, 0.4) is 0 Å². The topological polar surface area (TPSA) is 37.4 Å². The summed E-state index contributed by atoms with van der Waals surface area (Å²) in [6, 6.07) is 2.33. The molecule has 1 aromatic rings. The monoisotopic (exact) mass is 293 g/mol. The number of rotatable bonds is 9. The summed E-state index contributed by atoms with van der Waals surface area (Å²) in [5, 5.41) is 3.65. The molecule has 0 saturated carbocycles. The van der Waals surface area contributed by atoms with Gasteiger partial charge in [-0.2, -0.15) is 0 Å². The normalized spacial score (nSPS) is 15.8. The second kappa shape index (κ2) is 8.35. The minimum absolute atomic E-state index is 0.0492. The first-order valence-corrected chi connectivity index (χ1v) is 8.04. The lowest BCUT2D eigenvalue weighted by Crippen LogP contribution is -2.54. The summed E-state index contributed by atoms with van der Waals surface area (Å²) in [5.41, 5.74) is 1.24. The number of hydrogen-bond donors (Lipinski definition) is 1. The number of pyridine rings is 1. The Hall–Kier alpha value is -1.13. The quantitative estimate of drug-likeness (QED) is 0.758. The Kier molecular flexibility index (Phi) is 7.12. The maximum Gasteiger partial charge on any atom is 0.137 e. The second-order valence-corrected chi connectivity index (χ2v) is 5.53. The molecule has 2 unspecified atom stereocenters. The molecular formula is C17H31N3O. The lowest BCUT2D eigenvalue weighted by atomic mass is 9.83. The predicted molar refractivity (Wildman–Crippen MR) is 88.8 cm³/mol. The summed E-state index contributed by atoms with van der Waals surface area (Å²) in [6.45, 7) is 14.2. The average Bonchev–Trinajstić information content (AvgIpc) is 2.53. The second-order valence-electron chi connectivity index (χ2n) is 5.53. The zero-order chi connectivity index (χ0) is 15.9. The van der Waals surface area contributed by atoms with Crippen molar-refractivity contribution in [2.24, 2.45) is 0 Å². The van der Waals surface area contributed by atoms with E-state index in [1.54, 1.807) is 13.3 Å². The number of ether oxygens (including phenoxy) is 1. The van der Waals surface area contributed by atoms with Crippen molar-refractivity contribution < 1.29 is 4.74 Å². The molecule has 120 valence electrons. The van der Waals surface area contributed by atoms with Gasteiger partial charge >= 0.3 is 0 Å². The summed E-state index contributed by atoms with van der Waals surface area (Å²) < 4.78 is 5.34. The van der Waals surface area contributed by atoms with E-state index in [2.05, 4.69) is 55.9 Å². The molecule has 0 spiro atoms. The van der Waals surface area contributed by atoms with Gasteiger partial charge in [-0.05, 0) is 44.6 Å². The van der Waals surface area contributed by atoms with Crippen molar-refractivity contribution >= 4 is 0 Å². The molecule has 0 aliphatic carbocycles. The molecule has 0 radical (unpaired) electrons. The molecule has 0 amide bonds. The summed E-state index contributed by atoms with van der Waals surface area (Å²) in [6.07, 6.45) is 4.78. The fourth-order valence-corrected chi connectivity index (χ4v) is 3.16. The molecule has 21 heavy (non-hydrogen) atoms. The number of likely N-dealkylation sites (N-methyl/N-ethyl adjacent to an activating group) is 2. The van der Waals surface area contributed by atoms with Gasteiger partial charge in [0.15, 0.2) is 0 Å². The molecule has 1 rings (SSSR count). The Morgan fingerprint density at radius 1 is 1.24 bits per heavy atom. The summed E-state index contributed by atoms with van der Waals surface area (Å²) in [7, 11) is 1.69. The molecule has 0 saturated heterocycles. The Morgan fingerprint density at radius 3 is 2.38 bits per heavy atom. The van der Waals surface area contributed by atoms with E-state index >= 15 is 0 Å². The van der Waals surface area contributed by atoms with Crippen molar-refractivity contribution in [1.29, 1.82) is 0 Å². The van der Waals surface area contributed by atoms with Crippen LogP contribution in [-0.4, -0.2) is 42.2 Å². The third-order valence-corrected chi connectivity index (χ3v) is 4.54. The number of hydrogen-bond acceptors (Lipinski definition) is 4. The van der Waals surface area contributed by atoms with Crippen LogP contribution in [0.25, 0.3) is 0 Å². The molecule has 4 heteroatoms. The highest BCUT2D eigenvalue weighted by Crippen LogP contribution is 2.34. The van der Waals surface area contributed by atoms with Crippen molar-refractivity contribution in [3.8, 4) is 5.75 Å². The molecule has 0 aliphatic heterocycles. The average molecular weight is 293 g/mol. The van der Waals surface area contributed by atoms with Crippen LogP contribution in [0.1, 0.15) is 52.6 Å². The van der Waals surface area contributed by atoms with Gasteiger partial charge in [-0.3, -0.25) is 9.88 Å².